The van der Waals surface area contributed by atoms with E-state index >= 15 is 0 Å². The Bertz CT molecular complexity index is 915. The maximum atomic E-state index is 12.4. The Morgan fingerprint density at radius 2 is 2.12 bits per heavy atom. The minimum absolute atomic E-state index is 0.0366. The summed E-state index contributed by atoms with van der Waals surface area (Å²) in [5.41, 5.74) is 0.844. The topological polar surface area (TPSA) is 93.6 Å². The standard InChI is InChI=1S/C16H16N2O5S2/c1-23-16(20)12-10-25(21,22)9-8-18(12)15(19)7-6-14-17-11-4-2-3-5-13(11)24-14/h2-7,12H,8-10H2,1H3. The molecule has 0 aliphatic carbocycles. The summed E-state index contributed by atoms with van der Waals surface area (Å²) in [5, 5.41) is 0.661. The Hall–Kier alpha value is -2.26. The summed E-state index contributed by atoms with van der Waals surface area (Å²) in [6, 6.07) is 6.50. The number of aromatic nitrogens is 1. The summed E-state index contributed by atoms with van der Waals surface area (Å²) >= 11 is 1.44. The van der Waals surface area contributed by atoms with Crippen LogP contribution in [0, 0.1) is 0 Å². The molecule has 1 atom stereocenters. The van der Waals surface area contributed by atoms with Crippen molar-refractivity contribution in [2.45, 2.75) is 6.04 Å². The number of para-hydroxylation sites is 1. The summed E-state index contributed by atoms with van der Waals surface area (Å²) in [6.07, 6.45) is 2.88. The zero-order valence-corrected chi connectivity index (χ0v) is 15.0. The van der Waals surface area contributed by atoms with Crippen LogP contribution in [0.25, 0.3) is 16.3 Å². The second kappa shape index (κ2) is 6.93. The lowest BCUT2D eigenvalue weighted by molar-refractivity contribution is -0.150. The van der Waals surface area contributed by atoms with E-state index in [1.807, 2.05) is 24.3 Å². The maximum absolute atomic E-state index is 12.4. The molecule has 7 nitrogen and oxygen atoms in total. The van der Waals surface area contributed by atoms with Gasteiger partial charge in [0.2, 0.25) is 5.91 Å². The molecule has 0 radical (unpaired) electrons. The molecule has 2 aromatic rings. The highest BCUT2D eigenvalue weighted by Crippen LogP contribution is 2.22. The van der Waals surface area contributed by atoms with Crippen molar-refractivity contribution < 1.29 is 22.7 Å². The molecule has 1 aromatic heterocycles. The van der Waals surface area contributed by atoms with Crippen LogP contribution < -0.4 is 0 Å². The molecular formula is C16H16N2O5S2. The summed E-state index contributed by atoms with van der Waals surface area (Å²) in [5.74, 6) is -1.75. The fourth-order valence-electron chi connectivity index (χ4n) is 2.60. The molecule has 1 amide bonds. The number of hydrogen-bond acceptors (Lipinski definition) is 7. The second-order valence-electron chi connectivity index (χ2n) is 5.54. The Morgan fingerprint density at radius 3 is 2.84 bits per heavy atom. The zero-order valence-electron chi connectivity index (χ0n) is 13.4. The number of carbonyl (C=O) groups excluding carboxylic acids is 2. The molecule has 0 spiro atoms. The predicted molar refractivity (Wildman–Crippen MR) is 94.8 cm³/mol. The number of carbonyl (C=O) groups is 2. The number of amides is 1. The van der Waals surface area contributed by atoms with Crippen LogP contribution in [0.4, 0.5) is 0 Å². The van der Waals surface area contributed by atoms with E-state index in [1.165, 1.54) is 29.4 Å². The predicted octanol–water partition coefficient (Wildman–Crippen LogP) is 1.11. The van der Waals surface area contributed by atoms with Crippen LogP contribution in [-0.2, 0) is 24.2 Å². The Kier molecular flexibility index (Phi) is 4.87. The SMILES string of the molecule is COC(=O)C1CS(=O)(=O)CCN1C(=O)C=Cc1nc2ccccc2s1. The third kappa shape index (κ3) is 3.88. The van der Waals surface area contributed by atoms with Crippen LogP contribution in [0.3, 0.4) is 0 Å². The summed E-state index contributed by atoms with van der Waals surface area (Å²) in [7, 11) is -2.20. The van der Waals surface area contributed by atoms with Crippen molar-refractivity contribution in [3.63, 3.8) is 0 Å². The number of ether oxygens (including phenoxy) is 1. The number of benzene rings is 1. The minimum atomic E-state index is -3.37. The first-order chi connectivity index (χ1) is 11.9. The molecule has 1 saturated heterocycles. The fourth-order valence-corrected chi connectivity index (χ4v) is 4.91. The van der Waals surface area contributed by atoms with Gasteiger partial charge < -0.3 is 9.64 Å². The number of nitrogens with zero attached hydrogens (tertiary/aromatic N) is 2. The van der Waals surface area contributed by atoms with Crippen LogP contribution in [0.5, 0.6) is 0 Å². The van der Waals surface area contributed by atoms with E-state index < -0.39 is 33.5 Å². The highest BCUT2D eigenvalue weighted by Gasteiger charge is 2.38. The molecule has 25 heavy (non-hydrogen) atoms. The van der Waals surface area contributed by atoms with Crippen molar-refractivity contribution in [3.05, 3.63) is 35.3 Å². The van der Waals surface area contributed by atoms with Gasteiger partial charge in [0.25, 0.3) is 0 Å². The Labute approximate surface area is 148 Å². The molecule has 0 N–H and O–H groups in total. The highest BCUT2D eigenvalue weighted by molar-refractivity contribution is 7.91. The van der Waals surface area contributed by atoms with Gasteiger partial charge in [-0.05, 0) is 18.2 Å². The largest absolute Gasteiger partial charge is 0.467 e. The van der Waals surface area contributed by atoms with Gasteiger partial charge in [0.15, 0.2) is 9.84 Å². The van der Waals surface area contributed by atoms with E-state index in [2.05, 4.69) is 9.72 Å². The number of fused-ring (bicyclic) bond motifs is 1. The second-order valence-corrected chi connectivity index (χ2v) is 8.83. The van der Waals surface area contributed by atoms with Gasteiger partial charge in [-0.25, -0.2) is 18.2 Å². The third-order valence-electron chi connectivity index (χ3n) is 3.87. The average Bonchev–Trinajstić information content (AvgIpc) is 3.01. The van der Waals surface area contributed by atoms with Gasteiger partial charge in [0, 0.05) is 12.6 Å². The van der Waals surface area contributed by atoms with E-state index in [0.29, 0.717) is 5.01 Å². The van der Waals surface area contributed by atoms with Crippen molar-refractivity contribution in [3.8, 4) is 0 Å². The average molecular weight is 380 g/mol. The van der Waals surface area contributed by atoms with Gasteiger partial charge in [-0.3, -0.25) is 4.79 Å². The Balaban J connectivity index is 1.79. The molecular weight excluding hydrogens is 364 g/mol. The third-order valence-corrected chi connectivity index (χ3v) is 6.50. The van der Waals surface area contributed by atoms with Crippen molar-refractivity contribution in [1.82, 2.24) is 9.88 Å². The molecule has 1 aromatic carbocycles. The molecule has 132 valence electrons. The van der Waals surface area contributed by atoms with Crippen molar-refractivity contribution in [2.75, 3.05) is 25.2 Å². The lowest BCUT2D eigenvalue weighted by Gasteiger charge is -2.32. The molecule has 1 fully saturated rings. The normalized spacial score (nSPS) is 20.0. The van der Waals surface area contributed by atoms with Gasteiger partial charge in [-0.1, -0.05) is 12.1 Å². The van der Waals surface area contributed by atoms with Crippen LogP contribution in [-0.4, -0.2) is 61.4 Å². The van der Waals surface area contributed by atoms with Gasteiger partial charge in [0.05, 0.1) is 28.8 Å². The first-order valence-corrected chi connectivity index (χ1v) is 10.2. The van der Waals surface area contributed by atoms with Gasteiger partial charge in [0.1, 0.15) is 11.0 Å². The molecule has 1 aliphatic heterocycles. The van der Waals surface area contributed by atoms with Crippen molar-refractivity contribution in [2.24, 2.45) is 0 Å². The minimum Gasteiger partial charge on any atom is -0.467 e. The van der Waals surface area contributed by atoms with Gasteiger partial charge in [-0.2, -0.15) is 0 Å². The maximum Gasteiger partial charge on any atom is 0.329 e. The Morgan fingerprint density at radius 1 is 1.36 bits per heavy atom. The lowest BCUT2D eigenvalue weighted by Crippen LogP contribution is -2.54. The first-order valence-electron chi connectivity index (χ1n) is 7.52. The molecule has 1 unspecified atom stereocenters. The van der Waals surface area contributed by atoms with Crippen LogP contribution >= 0.6 is 11.3 Å². The van der Waals surface area contributed by atoms with Gasteiger partial charge >= 0.3 is 5.97 Å². The van der Waals surface area contributed by atoms with E-state index in [4.69, 9.17) is 0 Å². The molecule has 9 heteroatoms. The van der Waals surface area contributed by atoms with Crippen molar-refractivity contribution >= 4 is 49.3 Å². The number of sulfone groups is 1. The van der Waals surface area contributed by atoms with Crippen LogP contribution in [0.15, 0.2) is 30.3 Å². The van der Waals surface area contributed by atoms with E-state index in [1.54, 1.807) is 6.08 Å². The number of hydrogen-bond donors (Lipinski definition) is 0. The molecule has 3 rings (SSSR count). The summed E-state index contributed by atoms with van der Waals surface area (Å²) < 4.78 is 29.2. The molecule has 2 heterocycles. The van der Waals surface area contributed by atoms with E-state index in [-0.39, 0.29) is 12.3 Å². The molecule has 1 aliphatic rings. The molecule has 0 saturated carbocycles. The van der Waals surface area contributed by atoms with Crippen molar-refractivity contribution in [1.29, 1.82) is 0 Å². The van der Waals surface area contributed by atoms with Crippen LogP contribution in [0.1, 0.15) is 5.01 Å². The highest BCUT2D eigenvalue weighted by atomic mass is 32.2. The number of esters is 1. The van der Waals surface area contributed by atoms with Gasteiger partial charge in [-0.15, -0.1) is 11.3 Å². The summed E-state index contributed by atoms with van der Waals surface area (Å²) in [4.78, 5) is 29.9. The monoisotopic (exact) mass is 380 g/mol. The zero-order chi connectivity index (χ0) is 18.0. The van der Waals surface area contributed by atoms with E-state index in [0.717, 1.165) is 10.2 Å². The quantitative estimate of drug-likeness (QED) is 0.585. The van der Waals surface area contributed by atoms with Crippen LogP contribution in [0.2, 0.25) is 0 Å². The first kappa shape index (κ1) is 17.6. The number of methoxy groups -OCH3 is 1. The summed E-state index contributed by atoms with van der Waals surface area (Å²) in [6.45, 7) is -0.0366. The number of rotatable bonds is 3. The molecule has 0 bridgehead atoms. The smallest absolute Gasteiger partial charge is 0.329 e. The van der Waals surface area contributed by atoms with E-state index in [9.17, 15) is 18.0 Å². The lowest BCUT2D eigenvalue weighted by atomic mass is 10.2. The fraction of sp³-hybridized carbons (Fsp3) is 0.312. The number of thiazole rings is 1.